The predicted octanol–water partition coefficient (Wildman–Crippen LogP) is 3.28. The van der Waals surface area contributed by atoms with E-state index in [4.69, 9.17) is 4.74 Å². The maximum atomic E-state index is 14.9. The number of rotatable bonds is 6. The number of halogens is 2. The number of nitrogens with zero attached hydrogens (tertiary/aromatic N) is 6. The van der Waals surface area contributed by atoms with Gasteiger partial charge in [-0.25, -0.2) is 28.7 Å². The Morgan fingerprint density at radius 3 is 2.69 bits per heavy atom. The molecule has 1 aliphatic rings. The first-order valence-electron chi connectivity index (χ1n) is 11.6. The van der Waals surface area contributed by atoms with Crippen LogP contribution in [0.3, 0.4) is 0 Å². The second-order valence-electron chi connectivity index (χ2n) is 8.80. The number of piperazine rings is 1. The highest BCUT2D eigenvalue weighted by Crippen LogP contribution is 2.30. The van der Waals surface area contributed by atoms with Crippen LogP contribution in [-0.2, 0) is 11.2 Å². The number of imidazole rings is 1. The minimum atomic E-state index is -0.637. The molecule has 1 amide bonds. The van der Waals surface area contributed by atoms with Crippen molar-refractivity contribution in [1.29, 1.82) is 0 Å². The molecule has 0 saturated carbocycles. The van der Waals surface area contributed by atoms with Crippen molar-refractivity contribution in [2.45, 2.75) is 26.3 Å². The molecule has 36 heavy (non-hydrogen) atoms. The Morgan fingerprint density at radius 1 is 1.14 bits per heavy atom. The molecular weight excluding hydrogens is 468 g/mol. The number of amides is 1. The number of hydrogen-bond donors (Lipinski definition) is 1. The molecule has 0 spiro atoms. The molecule has 1 fully saturated rings. The van der Waals surface area contributed by atoms with Crippen molar-refractivity contribution in [2.75, 3.05) is 31.6 Å². The zero-order valence-corrected chi connectivity index (χ0v) is 20.1. The average molecular weight is 494 g/mol. The smallest absolute Gasteiger partial charge is 0.242 e. The van der Waals surface area contributed by atoms with Crippen molar-refractivity contribution in [2.24, 2.45) is 0 Å². The van der Waals surface area contributed by atoms with E-state index >= 15 is 0 Å². The largest absolute Gasteiger partial charge is 0.479 e. The molecule has 1 N–H and O–H groups in total. The lowest BCUT2D eigenvalue weighted by atomic mass is 10.1. The fourth-order valence-corrected chi connectivity index (χ4v) is 4.27. The third-order valence-corrected chi connectivity index (χ3v) is 6.07. The number of methoxy groups -OCH3 is 1. The quantitative estimate of drug-likeness (QED) is 0.440. The van der Waals surface area contributed by atoms with E-state index in [-0.39, 0.29) is 47.9 Å². The van der Waals surface area contributed by atoms with Crippen LogP contribution in [0.2, 0.25) is 0 Å². The van der Waals surface area contributed by atoms with Crippen LogP contribution in [0.25, 0.3) is 22.4 Å². The van der Waals surface area contributed by atoms with Gasteiger partial charge in [-0.2, -0.15) is 0 Å². The van der Waals surface area contributed by atoms with Gasteiger partial charge in [0, 0.05) is 25.6 Å². The maximum Gasteiger partial charge on any atom is 0.242 e. The minimum absolute atomic E-state index is 0.0141. The van der Waals surface area contributed by atoms with Crippen LogP contribution < -0.4 is 15.0 Å². The molecular formula is C25H25F2N7O2. The maximum absolute atomic E-state index is 14.9. The van der Waals surface area contributed by atoms with Crippen LogP contribution in [0.1, 0.15) is 31.3 Å². The van der Waals surface area contributed by atoms with Crippen LogP contribution in [0.4, 0.5) is 14.5 Å². The number of anilines is 1. The van der Waals surface area contributed by atoms with E-state index in [1.54, 1.807) is 24.5 Å². The number of fused-ring (bicyclic) bond motifs is 1. The van der Waals surface area contributed by atoms with Gasteiger partial charge in [0.15, 0.2) is 11.3 Å². The SMILES string of the molecule is COc1nc(-c2nc(Cc3ccc(N4CCNCC4=O)c(F)c3)ncc2F)cc2c1ncn2C(C)C. The summed E-state index contributed by atoms with van der Waals surface area (Å²) in [6.07, 6.45) is 2.94. The van der Waals surface area contributed by atoms with Gasteiger partial charge in [-0.3, -0.25) is 4.79 Å². The molecule has 1 saturated heterocycles. The Kier molecular flexibility index (Phi) is 6.31. The van der Waals surface area contributed by atoms with E-state index < -0.39 is 11.6 Å². The number of aromatic nitrogens is 5. The highest BCUT2D eigenvalue weighted by molar-refractivity contribution is 5.95. The molecule has 9 nitrogen and oxygen atoms in total. The van der Waals surface area contributed by atoms with Crippen LogP contribution >= 0.6 is 0 Å². The fraction of sp³-hybridized carbons (Fsp3) is 0.320. The summed E-state index contributed by atoms with van der Waals surface area (Å²) in [7, 11) is 1.48. The highest BCUT2D eigenvalue weighted by atomic mass is 19.1. The Morgan fingerprint density at radius 2 is 1.97 bits per heavy atom. The number of carbonyl (C=O) groups is 1. The minimum Gasteiger partial charge on any atom is -0.479 e. The van der Waals surface area contributed by atoms with Gasteiger partial charge in [-0.05, 0) is 37.6 Å². The van der Waals surface area contributed by atoms with Gasteiger partial charge < -0.3 is 19.5 Å². The first-order valence-corrected chi connectivity index (χ1v) is 11.6. The van der Waals surface area contributed by atoms with Gasteiger partial charge in [-0.15, -0.1) is 0 Å². The third kappa shape index (κ3) is 4.37. The molecule has 1 aromatic carbocycles. The second-order valence-corrected chi connectivity index (χ2v) is 8.80. The van der Waals surface area contributed by atoms with Crippen molar-refractivity contribution in [3.63, 3.8) is 0 Å². The molecule has 3 aromatic heterocycles. The van der Waals surface area contributed by atoms with Gasteiger partial charge >= 0.3 is 0 Å². The van der Waals surface area contributed by atoms with Crippen molar-refractivity contribution in [3.8, 4) is 17.3 Å². The lowest BCUT2D eigenvalue weighted by Gasteiger charge is -2.27. The predicted molar refractivity (Wildman–Crippen MR) is 130 cm³/mol. The molecule has 0 atom stereocenters. The van der Waals surface area contributed by atoms with E-state index in [0.29, 0.717) is 30.0 Å². The number of hydrogen-bond acceptors (Lipinski definition) is 7. The number of nitrogens with one attached hydrogen (secondary N) is 1. The van der Waals surface area contributed by atoms with Crippen LogP contribution in [0.5, 0.6) is 5.88 Å². The van der Waals surface area contributed by atoms with Crippen LogP contribution in [-0.4, -0.2) is 57.2 Å². The van der Waals surface area contributed by atoms with Gasteiger partial charge in [0.1, 0.15) is 17.3 Å². The highest BCUT2D eigenvalue weighted by Gasteiger charge is 2.23. The van der Waals surface area contributed by atoms with Gasteiger partial charge in [-0.1, -0.05) is 6.07 Å². The van der Waals surface area contributed by atoms with Gasteiger partial charge in [0.05, 0.1) is 43.1 Å². The molecule has 0 radical (unpaired) electrons. The zero-order chi connectivity index (χ0) is 25.4. The third-order valence-electron chi connectivity index (χ3n) is 6.07. The van der Waals surface area contributed by atoms with Crippen molar-refractivity contribution >= 4 is 22.6 Å². The Balaban J connectivity index is 1.47. The van der Waals surface area contributed by atoms with E-state index in [0.717, 1.165) is 11.7 Å². The summed E-state index contributed by atoms with van der Waals surface area (Å²) in [5.74, 6) is -0.763. The Bertz CT molecular complexity index is 1450. The standard InChI is InChI=1S/C25H25F2N7O2/c1-14(2)34-13-30-24-20(34)10-18(31-25(24)36-3)23-17(27)11-29-21(32-23)9-15-4-5-19(16(26)8-15)33-7-6-28-12-22(33)35/h4-5,8,10-11,13-14,28H,6-7,9,12H2,1-3H3. The van der Waals surface area contributed by atoms with Gasteiger partial charge in [0.25, 0.3) is 0 Å². The molecule has 4 aromatic rings. The number of pyridine rings is 1. The molecule has 0 aliphatic carbocycles. The molecule has 186 valence electrons. The monoisotopic (exact) mass is 493 g/mol. The summed E-state index contributed by atoms with van der Waals surface area (Å²) in [6, 6.07) is 6.49. The number of ether oxygens (including phenoxy) is 1. The second kappa shape index (κ2) is 9.57. The van der Waals surface area contributed by atoms with E-state index in [9.17, 15) is 13.6 Å². The molecule has 0 bridgehead atoms. The van der Waals surface area contributed by atoms with E-state index in [2.05, 4.69) is 25.3 Å². The summed E-state index contributed by atoms with van der Waals surface area (Å²) in [4.78, 5) is 30.9. The molecule has 5 rings (SSSR count). The van der Waals surface area contributed by atoms with Gasteiger partial charge in [0.2, 0.25) is 11.8 Å². The summed E-state index contributed by atoms with van der Waals surface area (Å²) >= 11 is 0. The first-order chi connectivity index (χ1) is 17.4. The number of carbonyl (C=O) groups excluding carboxylic acids is 1. The number of benzene rings is 1. The lowest BCUT2D eigenvalue weighted by molar-refractivity contribution is -0.118. The van der Waals surface area contributed by atoms with Crippen molar-refractivity contribution in [1.82, 2.24) is 29.8 Å². The van der Waals surface area contributed by atoms with Crippen LogP contribution in [0, 0.1) is 11.6 Å². The average Bonchev–Trinajstić information content (AvgIpc) is 3.30. The molecule has 0 unspecified atom stereocenters. The Labute approximate surface area is 206 Å². The summed E-state index contributed by atoms with van der Waals surface area (Å²) in [5.41, 5.74) is 2.43. The fourth-order valence-electron chi connectivity index (χ4n) is 4.27. The van der Waals surface area contributed by atoms with Crippen molar-refractivity contribution in [3.05, 3.63) is 59.8 Å². The Hall–Kier alpha value is -3.99. The van der Waals surface area contributed by atoms with E-state index in [1.807, 2.05) is 18.4 Å². The summed E-state index contributed by atoms with van der Waals surface area (Å²) in [6.45, 7) is 5.20. The topological polar surface area (TPSA) is 98.1 Å². The summed E-state index contributed by atoms with van der Waals surface area (Å²) < 4.78 is 37.1. The molecule has 1 aliphatic heterocycles. The van der Waals surface area contributed by atoms with Crippen molar-refractivity contribution < 1.29 is 18.3 Å². The molecule has 4 heterocycles. The summed E-state index contributed by atoms with van der Waals surface area (Å²) in [5, 5.41) is 2.97. The first kappa shape index (κ1) is 23.7. The normalized spacial score (nSPS) is 14.2. The van der Waals surface area contributed by atoms with Crippen LogP contribution in [0.15, 0.2) is 36.8 Å². The van der Waals surface area contributed by atoms with E-state index in [1.165, 1.54) is 18.1 Å². The lowest BCUT2D eigenvalue weighted by Crippen LogP contribution is -2.48. The zero-order valence-electron chi connectivity index (χ0n) is 20.1. The molecule has 11 heteroatoms.